The second-order valence-corrected chi connectivity index (χ2v) is 5.71. The molecule has 128 valence electrons. The summed E-state index contributed by atoms with van der Waals surface area (Å²) in [6.07, 6.45) is 2.91. The Balaban J connectivity index is 1.62. The molecule has 6 heteroatoms. The first kappa shape index (κ1) is 17.1. The highest BCUT2D eigenvalue weighted by molar-refractivity contribution is 5.92. The summed E-state index contributed by atoms with van der Waals surface area (Å²) in [7, 11) is 0. The van der Waals surface area contributed by atoms with Crippen molar-refractivity contribution in [2.75, 3.05) is 5.32 Å². The highest BCUT2D eigenvalue weighted by Crippen LogP contribution is 2.15. The third kappa shape index (κ3) is 4.22. The molecule has 3 aromatic rings. The fourth-order valence-electron chi connectivity index (χ4n) is 2.40. The molecule has 0 unspecified atom stereocenters. The largest absolute Gasteiger partial charge is 0.347 e. The summed E-state index contributed by atoms with van der Waals surface area (Å²) in [5.74, 6) is 0.217. The number of nitrogens with one attached hydrogen (secondary N) is 2. The van der Waals surface area contributed by atoms with Crippen LogP contribution in [0.25, 0.3) is 0 Å². The number of nitriles is 1. The normalized spacial score (nSPS) is 10.0. The van der Waals surface area contributed by atoms with Gasteiger partial charge in [0.25, 0.3) is 5.91 Å². The summed E-state index contributed by atoms with van der Waals surface area (Å²) in [5, 5.41) is 14.8. The van der Waals surface area contributed by atoms with Crippen molar-refractivity contribution in [2.24, 2.45) is 0 Å². The van der Waals surface area contributed by atoms with E-state index in [1.165, 1.54) is 12.4 Å². The number of amides is 1. The van der Waals surface area contributed by atoms with E-state index in [4.69, 9.17) is 5.26 Å². The number of nitrogens with zero attached hydrogens (tertiary/aromatic N) is 3. The summed E-state index contributed by atoms with van der Waals surface area (Å²) in [6, 6.07) is 17.0. The van der Waals surface area contributed by atoms with E-state index in [9.17, 15) is 4.79 Å². The Morgan fingerprint density at radius 2 is 1.96 bits per heavy atom. The number of aryl methyl sites for hydroxylation is 1. The lowest BCUT2D eigenvalue weighted by atomic mass is 10.1. The Morgan fingerprint density at radius 3 is 2.69 bits per heavy atom. The number of carbonyl (C=O) groups is 1. The zero-order valence-electron chi connectivity index (χ0n) is 14.2. The van der Waals surface area contributed by atoms with E-state index in [0.29, 0.717) is 17.9 Å². The molecule has 0 saturated heterocycles. The molecule has 1 aromatic heterocycles. The average Bonchev–Trinajstić information content (AvgIpc) is 2.68. The molecule has 26 heavy (non-hydrogen) atoms. The number of carbonyl (C=O) groups excluding carboxylic acids is 1. The van der Waals surface area contributed by atoms with E-state index in [1.807, 2.05) is 37.3 Å². The molecule has 2 aromatic carbocycles. The molecule has 0 aliphatic carbocycles. The SMILES string of the molecule is Cc1ccccc1CNC(=O)c1cnc(Nc2cccc(C#N)c2)cn1. The molecule has 1 amide bonds. The van der Waals surface area contributed by atoms with Gasteiger partial charge >= 0.3 is 0 Å². The molecule has 0 fully saturated rings. The standard InChI is InChI=1S/C20H17N5O/c1-14-5-2-3-7-16(14)11-24-20(26)18-12-23-19(13-22-18)25-17-8-4-6-15(9-17)10-21/h2-9,12-13H,11H2,1H3,(H,23,25)(H,24,26). The molecule has 0 bridgehead atoms. The van der Waals surface area contributed by atoms with E-state index in [0.717, 1.165) is 16.8 Å². The van der Waals surface area contributed by atoms with Crippen LogP contribution in [0.1, 0.15) is 27.2 Å². The van der Waals surface area contributed by atoms with Gasteiger partial charge in [-0.3, -0.25) is 4.79 Å². The molecule has 0 radical (unpaired) electrons. The third-order valence-electron chi connectivity index (χ3n) is 3.85. The molecule has 3 rings (SSSR count). The van der Waals surface area contributed by atoms with Crippen LogP contribution >= 0.6 is 0 Å². The molecule has 1 heterocycles. The monoisotopic (exact) mass is 343 g/mol. The van der Waals surface area contributed by atoms with Crippen molar-refractivity contribution in [1.29, 1.82) is 5.26 Å². The van der Waals surface area contributed by atoms with Gasteiger partial charge in [-0.05, 0) is 36.2 Å². The lowest BCUT2D eigenvalue weighted by Gasteiger charge is -2.08. The molecule has 0 spiro atoms. The van der Waals surface area contributed by atoms with Gasteiger partial charge in [-0.25, -0.2) is 9.97 Å². The molecule has 0 aliphatic heterocycles. The Bertz CT molecular complexity index is 960. The van der Waals surface area contributed by atoms with E-state index in [1.54, 1.807) is 18.2 Å². The minimum absolute atomic E-state index is 0.245. The van der Waals surface area contributed by atoms with Gasteiger partial charge in [0.15, 0.2) is 0 Å². The smallest absolute Gasteiger partial charge is 0.271 e. The van der Waals surface area contributed by atoms with Crippen LogP contribution in [0.4, 0.5) is 11.5 Å². The molecule has 0 saturated carbocycles. The zero-order chi connectivity index (χ0) is 18.4. The van der Waals surface area contributed by atoms with Gasteiger partial charge in [0.05, 0.1) is 24.0 Å². The van der Waals surface area contributed by atoms with Gasteiger partial charge in [0.2, 0.25) is 0 Å². The van der Waals surface area contributed by atoms with Crippen molar-refractivity contribution in [1.82, 2.24) is 15.3 Å². The minimum atomic E-state index is -0.279. The van der Waals surface area contributed by atoms with Crippen LogP contribution in [-0.2, 0) is 6.54 Å². The van der Waals surface area contributed by atoms with Crippen molar-refractivity contribution in [3.8, 4) is 6.07 Å². The number of rotatable bonds is 5. The van der Waals surface area contributed by atoms with Crippen molar-refractivity contribution in [2.45, 2.75) is 13.5 Å². The number of aromatic nitrogens is 2. The second-order valence-electron chi connectivity index (χ2n) is 5.71. The maximum absolute atomic E-state index is 12.2. The predicted octanol–water partition coefficient (Wildman–Crippen LogP) is 3.33. The quantitative estimate of drug-likeness (QED) is 0.741. The first-order valence-corrected chi connectivity index (χ1v) is 8.07. The first-order valence-electron chi connectivity index (χ1n) is 8.07. The van der Waals surface area contributed by atoms with E-state index >= 15 is 0 Å². The van der Waals surface area contributed by atoms with Crippen molar-refractivity contribution >= 4 is 17.4 Å². The molecule has 2 N–H and O–H groups in total. The Hall–Kier alpha value is -3.72. The highest BCUT2D eigenvalue weighted by atomic mass is 16.1. The van der Waals surface area contributed by atoms with Crippen LogP contribution in [0.15, 0.2) is 60.9 Å². The lowest BCUT2D eigenvalue weighted by Crippen LogP contribution is -2.24. The fraction of sp³-hybridized carbons (Fsp3) is 0.100. The molecule has 6 nitrogen and oxygen atoms in total. The van der Waals surface area contributed by atoms with Crippen molar-refractivity contribution < 1.29 is 4.79 Å². The predicted molar refractivity (Wildman–Crippen MR) is 98.8 cm³/mol. The molecule has 0 atom stereocenters. The van der Waals surface area contributed by atoms with Crippen LogP contribution in [0.3, 0.4) is 0 Å². The summed E-state index contributed by atoms with van der Waals surface area (Å²) < 4.78 is 0. The van der Waals surface area contributed by atoms with E-state index in [2.05, 4.69) is 26.7 Å². The van der Waals surface area contributed by atoms with Crippen LogP contribution in [-0.4, -0.2) is 15.9 Å². The van der Waals surface area contributed by atoms with Gasteiger partial charge in [0.1, 0.15) is 11.5 Å². The maximum Gasteiger partial charge on any atom is 0.271 e. The first-order chi connectivity index (χ1) is 12.7. The van der Waals surface area contributed by atoms with Crippen LogP contribution in [0, 0.1) is 18.3 Å². The zero-order valence-corrected chi connectivity index (χ0v) is 14.2. The molecular weight excluding hydrogens is 326 g/mol. The summed E-state index contributed by atoms with van der Waals surface area (Å²) in [6.45, 7) is 2.44. The number of anilines is 2. The van der Waals surface area contributed by atoms with Crippen LogP contribution in [0.5, 0.6) is 0 Å². The fourth-order valence-corrected chi connectivity index (χ4v) is 2.40. The van der Waals surface area contributed by atoms with E-state index < -0.39 is 0 Å². The van der Waals surface area contributed by atoms with E-state index in [-0.39, 0.29) is 11.6 Å². The second kappa shape index (κ2) is 7.90. The van der Waals surface area contributed by atoms with Crippen LogP contribution in [0.2, 0.25) is 0 Å². The van der Waals surface area contributed by atoms with Gasteiger partial charge in [0, 0.05) is 12.2 Å². The minimum Gasteiger partial charge on any atom is -0.347 e. The average molecular weight is 343 g/mol. The summed E-state index contributed by atoms with van der Waals surface area (Å²) in [5.41, 5.74) is 3.71. The molecular formula is C20H17N5O. The van der Waals surface area contributed by atoms with Crippen molar-refractivity contribution in [3.05, 3.63) is 83.3 Å². The number of hydrogen-bond acceptors (Lipinski definition) is 5. The summed E-state index contributed by atoms with van der Waals surface area (Å²) >= 11 is 0. The summed E-state index contributed by atoms with van der Waals surface area (Å²) in [4.78, 5) is 20.6. The van der Waals surface area contributed by atoms with Gasteiger partial charge in [-0.2, -0.15) is 5.26 Å². The van der Waals surface area contributed by atoms with Gasteiger partial charge < -0.3 is 10.6 Å². The van der Waals surface area contributed by atoms with Gasteiger partial charge in [-0.15, -0.1) is 0 Å². The maximum atomic E-state index is 12.2. The third-order valence-corrected chi connectivity index (χ3v) is 3.85. The molecule has 0 aliphatic rings. The number of hydrogen-bond donors (Lipinski definition) is 2. The Morgan fingerprint density at radius 1 is 1.12 bits per heavy atom. The van der Waals surface area contributed by atoms with Crippen molar-refractivity contribution in [3.63, 3.8) is 0 Å². The number of benzene rings is 2. The Labute approximate surface area is 151 Å². The topological polar surface area (TPSA) is 90.7 Å². The lowest BCUT2D eigenvalue weighted by molar-refractivity contribution is 0.0945. The van der Waals surface area contributed by atoms with Crippen LogP contribution < -0.4 is 10.6 Å². The van der Waals surface area contributed by atoms with Gasteiger partial charge in [-0.1, -0.05) is 30.3 Å². The Kier molecular flexibility index (Phi) is 5.20. The highest BCUT2D eigenvalue weighted by Gasteiger charge is 2.08.